The first kappa shape index (κ1) is 24.6. The van der Waals surface area contributed by atoms with Gasteiger partial charge in [-0.3, -0.25) is 10.1 Å². The maximum absolute atomic E-state index is 12.9. The van der Waals surface area contributed by atoms with Crippen molar-refractivity contribution in [2.24, 2.45) is 0 Å². The van der Waals surface area contributed by atoms with Crippen LogP contribution >= 0.6 is 11.3 Å². The first-order chi connectivity index (χ1) is 15.2. The number of nitro groups is 1. The van der Waals surface area contributed by atoms with E-state index in [1.165, 1.54) is 12.1 Å². The standard InChI is InChI=1S/C20H23N3O8S/c1-5-22(6-2)14-8-7-11(23(27)28)9-12(14)18(24)31-10-13-15(19(25)29-3)17(21)32-16(13)20(26)30-4/h7-9H,5-6,10,21H2,1-4H3. The number of thiophene rings is 1. The predicted molar refractivity (Wildman–Crippen MR) is 117 cm³/mol. The molecule has 172 valence electrons. The van der Waals surface area contributed by atoms with E-state index in [0.29, 0.717) is 18.8 Å². The van der Waals surface area contributed by atoms with E-state index in [1.54, 1.807) is 0 Å². The van der Waals surface area contributed by atoms with Crippen molar-refractivity contribution in [3.8, 4) is 0 Å². The van der Waals surface area contributed by atoms with Gasteiger partial charge in [0.05, 0.1) is 30.4 Å². The highest BCUT2D eigenvalue weighted by molar-refractivity contribution is 7.18. The van der Waals surface area contributed by atoms with Crippen molar-refractivity contribution in [1.29, 1.82) is 0 Å². The van der Waals surface area contributed by atoms with E-state index in [2.05, 4.69) is 0 Å². The van der Waals surface area contributed by atoms with Gasteiger partial charge in [0.1, 0.15) is 22.0 Å². The predicted octanol–water partition coefficient (Wildman–Crippen LogP) is 3.01. The van der Waals surface area contributed by atoms with Crippen molar-refractivity contribution in [2.75, 3.05) is 37.9 Å². The first-order valence-electron chi connectivity index (χ1n) is 9.48. The number of carbonyl (C=O) groups is 3. The quantitative estimate of drug-likeness (QED) is 0.253. The van der Waals surface area contributed by atoms with Gasteiger partial charge in [0.2, 0.25) is 0 Å². The molecule has 1 aromatic carbocycles. The van der Waals surface area contributed by atoms with Crippen LogP contribution in [0.1, 0.15) is 49.8 Å². The normalized spacial score (nSPS) is 10.4. The van der Waals surface area contributed by atoms with Gasteiger partial charge >= 0.3 is 17.9 Å². The Labute approximate surface area is 187 Å². The second-order valence-electron chi connectivity index (χ2n) is 6.34. The fourth-order valence-corrected chi connectivity index (χ4v) is 4.04. The van der Waals surface area contributed by atoms with Crippen LogP contribution in [-0.2, 0) is 20.8 Å². The number of hydrogen-bond donors (Lipinski definition) is 1. The lowest BCUT2D eigenvalue weighted by Crippen LogP contribution is -2.24. The summed E-state index contributed by atoms with van der Waals surface area (Å²) in [6.45, 7) is 4.35. The van der Waals surface area contributed by atoms with Crippen LogP contribution in [0.25, 0.3) is 0 Å². The van der Waals surface area contributed by atoms with Gasteiger partial charge in [0.25, 0.3) is 5.69 Å². The number of nitrogen functional groups attached to an aromatic ring is 1. The average molecular weight is 465 g/mol. The molecule has 0 fully saturated rings. The summed E-state index contributed by atoms with van der Waals surface area (Å²) >= 11 is 0.800. The molecule has 0 unspecified atom stereocenters. The van der Waals surface area contributed by atoms with Crippen molar-refractivity contribution in [1.82, 2.24) is 0 Å². The molecule has 1 heterocycles. The van der Waals surface area contributed by atoms with Crippen LogP contribution in [0.5, 0.6) is 0 Å². The molecule has 0 bridgehead atoms. The number of nitrogens with zero attached hydrogens (tertiary/aromatic N) is 2. The lowest BCUT2D eigenvalue weighted by molar-refractivity contribution is -0.384. The third-order valence-corrected chi connectivity index (χ3v) is 5.70. The molecule has 0 aliphatic carbocycles. The van der Waals surface area contributed by atoms with Gasteiger partial charge in [-0.1, -0.05) is 0 Å². The van der Waals surface area contributed by atoms with Gasteiger partial charge in [-0.2, -0.15) is 0 Å². The number of esters is 3. The molecule has 0 atom stereocenters. The Kier molecular flexibility index (Phi) is 8.13. The summed E-state index contributed by atoms with van der Waals surface area (Å²) in [5.41, 5.74) is 5.96. The summed E-state index contributed by atoms with van der Waals surface area (Å²) in [6, 6.07) is 3.90. The van der Waals surface area contributed by atoms with Crippen LogP contribution in [0.4, 0.5) is 16.4 Å². The zero-order valence-corrected chi connectivity index (χ0v) is 18.8. The molecule has 2 rings (SSSR count). The number of carbonyl (C=O) groups excluding carboxylic acids is 3. The molecule has 1 aromatic heterocycles. The number of nitrogens with two attached hydrogens (primary N) is 1. The lowest BCUT2D eigenvalue weighted by Gasteiger charge is -2.23. The third kappa shape index (κ3) is 4.97. The Hall–Kier alpha value is -3.67. The van der Waals surface area contributed by atoms with Crippen molar-refractivity contribution in [3.63, 3.8) is 0 Å². The van der Waals surface area contributed by atoms with Gasteiger partial charge in [-0.05, 0) is 19.9 Å². The molecule has 11 nitrogen and oxygen atoms in total. The maximum Gasteiger partial charge on any atom is 0.348 e. The molecular weight excluding hydrogens is 442 g/mol. The minimum Gasteiger partial charge on any atom is -0.465 e. The number of hydrogen-bond acceptors (Lipinski definition) is 11. The van der Waals surface area contributed by atoms with Gasteiger partial charge in [0.15, 0.2) is 0 Å². The molecule has 2 aromatic rings. The van der Waals surface area contributed by atoms with E-state index < -0.39 is 29.4 Å². The Balaban J connectivity index is 2.47. The molecule has 0 amide bonds. The van der Waals surface area contributed by atoms with Crippen molar-refractivity contribution in [3.05, 3.63) is 49.9 Å². The number of anilines is 2. The van der Waals surface area contributed by atoms with Crippen LogP contribution < -0.4 is 10.6 Å². The summed E-state index contributed by atoms with van der Waals surface area (Å²) in [5.74, 6) is -2.44. The molecule has 0 saturated heterocycles. The van der Waals surface area contributed by atoms with Crippen LogP contribution in [-0.4, -0.2) is 50.1 Å². The summed E-state index contributed by atoms with van der Waals surface area (Å²) in [7, 11) is 2.30. The number of ether oxygens (including phenoxy) is 3. The second-order valence-corrected chi connectivity index (χ2v) is 7.39. The second kappa shape index (κ2) is 10.6. The highest BCUT2D eigenvalue weighted by Crippen LogP contribution is 2.34. The zero-order chi connectivity index (χ0) is 24.0. The Morgan fingerprint density at radius 2 is 1.72 bits per heavy atom. The molecule has 0 aliphatic rings. The molecule has 32 heavy (non-hydrogen) atoms. The van der Waals surface area contributed by atoms with E-state index in [9.17, 15) is 24.5 Å². The van der Waals surface area contributed by atoms with Crippen molar-refractivity contribution in [2.45, 2.75) is 20.5 Å². The molecule has 12 heteroatoms. The van der Waals surface area contributed by atoms with E-state index >= 15 is 0 Å². The SMILES string of the molecule is CCN(CC)c1ccc([N+](=O)[O-])cc1C(=O)OCc1c(C(=O)OC)sc(N)c1C(=O)OC. The number of rotatable bonds is 9. The minimum absolute atomic E-state index is 0.00229. The number of non-ortho nitro benzene ring substituents is 1. The van der Waals surface area contributed by atoms with Crippen molar-refractivity contribution >= 4 is 45.6 Å². The summed E-state index contributed by atoms with van der Waals surface area (Å²) in [5, 5.41) is 11.2. The monoisotopic (exact) mass is 465 g/mol. The molecular formula is C20H23N3O8S. The lowest BCUT2D eigenvalue weighted by atomic mass is 10.1. The number of nitro benzene ring substituents is 1. The Bertz CT molecular complexity index is 1050. The van der Waals surface area contributed by atoms with Crippen LogP contribution in [0.15, 0.2) is 18.2 Å². The summed E-state index contributed by atoms with van der Waals surface area (Å²) < 4.78 is 14.8. The molecule has 0 aliphatic heterocycles. The molecule has 0 spiro atoms. The smallest absolute Gasteiger partial charge is 0.348 e. The van der Waals surface area contributed by atoms with E-state index in [1.807, 2.05) is 18.7 Å². The third-order valence-electron chi connectivity index (χ3n) is 4.66. The van der Waals surface area contributed by atoms with Crippen molar-refractivity contribution < 1.29 is 33.5 Å². The Morgan fingerprint density at radius 1 is 1.09 bits per heavy atom. The van der Waals surface area contributed by atoms with E-state index in [0.717, 1.165) is 31.6 Å². The average Bonchev–Trinajstić information content (AvgIpc) is 3.13. The first-order valence-corrected chi connectivity index (χ1v) is 10.3. The van der Waals surface area contributed by atoms with Gasteiger partial charge < -0.3 is 24.8 Å². The van der Waals surface area contributed by atoms with Gasteiger partial charge in [-0.15, -0.1) is 11.3 Å². The maximum atomic E-state index is 12.9. The minimum atomic E-state index is -0.869. The summed E-state index contributed by atoms with van der Waals surface area (Å²) in [4.78, 5) is 49.6. The largest absolute Gasteiger partial charge is 0.465 e. The number of benzene rings is 1. The molecule has 2 N–H and O–H groups in total. The number of methoxy groups -OCH3 is 2. The fraction of sp³-hybridized carbons (Fsp3) is 0.350. The Morgan fingerprint density at radius 3 is 2.25 bits per heavy atom. The summed E-state index contributed by atoms with van der Waals surface area (Å²) in [6.07, 6.45) is 0. The highest BCUT2D eigenvalue weighted by atomic mass is 32.1. The van der Waals surface area contributed by atoms with Crippen LogP contribution in [0.3, 0.4) is 0 Å². The highest BCUT2D eigenvalue weighted by Gasteiger charge is 2.29. The van der Waals surface area contributed by atoms with Gasteiger partial charge in [0, 0.05) is 30.8 Å². The van der Waals surface area contributed by atoms with Crippen LogP contribution in [0.2, 0.25) is 0 Å². The van der Waals surface area contributed by atoms with E-state index in [-0.39, 0.29) is 32.3 Å². The van der Waals surface area contributed by atoms with Crippen LogP contribution in [0, 0.1) is 10.1 Å². The van der Waals surface area contributed by atoms with Gasteiger partial charge in [-0.25, -0.2) is 14.4 Å². The topological polar surface area (TPSA) is 151 Å². The molecule has 0 saturated carbocycles. The molecule has 0 radical (unpaired) electrons. The fourth-order valence-electron chi connectivity index (χ4n) is 3.06. The zero-order valence-electron chi connectivity index (χ0n) is 18.0. The van der Waals surface area contributed by atoms with E-state index in [4.69, 9.17) is 19.9 Å².